The maximum Gasteiger partial charge on any atom is 0.255 e. The van der Waals surface area contributed by atoms with E-state index >= 15 is 0 Å². The Morgan fingerprint density at radius 2 is 1.90 bits per heavy atom. The quantitative estimate of drug-likeness (QED) is 0.695. The van der Waals surface area contributed by atoms with E-state index < -0.39 is 6.04 Å². The summed E-state index contributed by atoms with van der Waals surface area (Å²) in [6.07, 6.45) is 0.744. The van der Waals surface area contributed by atoms with Crippen LogP contribution in [0, 0.1) is 13.8 Å². The summed E-state index contributed by atoms with van der Waals surface area (Å²) < 4.78 is 1.68. The molecule has 7 nitrogen and oxygen atoms in total. The lowest BCUT2D eigenvalue weighted by Gasteiger charge is -2.28. The van der Waals surface area contributed by atoms with Crippen LogP contribution >= 0.6 is 0 Å². The lowest BCUT2D eigenvalue weighted by atomic mass is 10.1. The van der Waals surface area contributed by atoms with E-state index in [0.29, 0.717) is 23.4 Å². The highest BCUT2D eigenvalue weighted by atomic mass is 16.2. The van der Waals surface area contributed by atoms with Crippen molar-refractivity contribution in [2.24, 2.45) is 7.05 Å². The summed E-state index contributed by atoms with van der Waals surface area (Å²) in [5.74, 6) is -0.405. The maximum atomic E-state index is 13.5. The minimum Gasteiger partial charge on any atom is -0.327 e. The number of hydrogen-bond acceptors (Lipinski definition) is 4. The normalized spacial score (nSPS) is 12.0. The summed E-state index contributed by atoms with van der Waals surface area (Å²) in [4.78, 5) is 32.5. The molecule has 0 aliphatic carbocycles. The van der Waals surface area contributed by atoms with Crippen LogP contribution in [-0.2, 0) is 11.8 Å². The molecular formula is C22H27N5O2. The monoisotopic (exact) mass is 393 g/mol. The first-order valence-corrected chi connectivity index (χ1v) is 9.81. The summed E-state index contributed by atoms with van der Waals surface area (Å²) >= 11 is 0. The molecule has 3 rings (SSSR count). The number of carbonyl (C=O) groups excluding carboxylic acids is 2. The minimum atomic E-state index is -0.622. The lowest BCUT2D eigenvalue weighted by molar-refractivity contribution is -0.120. The van der Waals surface area contributed by atoms with E-state index in [2.05, 4.69) is 15.4 Å². The smallest absolute Gasteiger partial charge is 0.255 e. The van der Waals surface area contributed by atoms with Crippen LogP contribution in [0.3, 0.4) is 0 Å². The van der Waals surface area contributed by atoms with Gasteiger partial charge >= 0.3 is 0 Å². The standard InChI is InChI=1S/C22H27N5O2/c1-6-12-27(16(4)21(28)24-17-10-8-7-9-11-17)22(29)18-13-14(2)23-20-19(18)15(3)25-26(20)5/h7-11,13,16H,6,12H2,1-5H3,(H,24,28). The molecule has 0 bridgehead atoms. The van der Waals surface area contributed by atoms with Gasteiger partial charge in [0.15, 0.2) is 5.65 Å². The second kappa shape index (κ2) is 8.43. The zero-order valence-electron chi connectivity index (χ0n) is 17.6. The van der Waals surface area contributed by atoms with Crippen molar-refractivity contribution in [1.82, 2.24) is 19.7 Å². The molecule has 29 heavy (non-hydrogen) atoms. The van der Waals surface area contributed by atoms with Crippen LogP contribution < -0.4 is 5.32 Å². The van der Waals surface area contributed by atoms with Gasteiger partial charge < -0.3 is 10.2 Å². The summed E-state index contributed by atoms with van der Waals surface area (Å²) in [7, 11) is 1.82. The van der Waals surface area contributed by atoms with E-state index in [4.69, 9.17) is 0 Å². The molecule has 0 aliphatic rings. The average Bonchev–Trinajstić information content (AvgIpc) is 2.98. The third kappa shape index (κ3) is 4.13. The molecule has 0 saturated heterocycles. The number of amides is 2. The second-order valence-corrected chi connectivity index (χ2v) is 7.25. The van der Waals surface area contributed by atoms with Crippen LogP contribution in [0.2, 0.25) is 0 Å². The molecule has 0 saturated carbocycles. The van der Waals surface area contributed by atoms with Gasteiger partial charge in [-0.15, -0.1) is 0 Å². The highest BCUT2D eigenvalue weighted by Gasteiger charge is 2.29. The van der Waals surface area contributed by atoms with Crippen molar-refractivity contribution >= 4 is 28.5 Å². The average molecular weight is 393 g/mol. The number of para-hydroxylation sites is 1. The molecule has 2 heterocycles. The van der Waals surface area contributed by atoms with E-state index in [1.165, 1.54) is 0 Å². The van der Waals surface area contributed by atoms with Crippen LogP contribution in [0.5, 0.6) is 0 Å². The molecule has 2 aromatic heterocycles. The maximum absolute atomic E-state index is 13.5. The van der Waals surface area contributed by atoms with Gasteiger partial charge in [0.2, 0.25) is 5.91 Å². The Balaban J connectivity index is 1.96. The van der Waals surface area contributed by atoms with E-state index in [1.807, 2.05) is 58.2 Å². The third-order valence-electron chi connectivity index (χ3n) is 4.94. The van der Waals surface area contributed by atoms with Crippen LogP contribution in [0.4, 0.5) is 5.69 Å². The fraction of sp³-hybridized carbons (Fsp3) is 0.364. The first-order valence-electron chi connectivity index (χ1n) is 9.81. The van der Waals surface area contributed by atoms with Gasteiger partial charge in [-0.1, -0.05) is 25.1 Å². The van der Waals surface area contributed by atoms with Crippen molar-refractivity contribution in [3.05, 3.63) is 53.3 Å². The molecule has 0 aliphatic heterocycles. The summed E-state index contributed by atoms with van der Waals surface area (Å²) in [6.45, 7) is 7.95. The summed E-state index contributed by atoms with van der Waals surface area (Å²) in [6, 6.07) is 10.4. The molecule has 152 valence electrons. The first-order chi connectivity index (χ1) is 13.8. The van der Waals surface area contributed by atoms with Crippen molar-refractivity contribution in [1.29, 1.82) is 0 Å². The van der Waals surface area contributed by atoms with Gasteiger partial charge in [-0.05, 0) is 45.4 Å². The predicted molar refractivity (Wildman–Crippen MR) is 114 cm³/mol. The zero-order chi connectivity index (χ0) is 21.1. The molecule has 1 atom stereocenters. The molecule has 1 unspecified atom stereocenters. The fourth-order valence-corrected chi connectivity index (χ4v) is 3.52. The third-order valence-corrected chi connectivity index (χ3v) is 4.94. The number of hydrogen-bond donors (Lipinski definition) is 1. The number of nitrogens with one attached hydrogen (secondary N) is 1. The highest BCUT2D eigenvalue weighted by molar-refractivity contribution is 6.08. The highest BCUT2D eigenvalue weighted by Crippen LogP contribution is 2.24. The minimum absolute atomic E-state index is 0.186. The van der Waals surface area contributed by atoms with Gasteiger partial charge in [0.05, 0.1) is 16.6 Å². The largest absolute Gasteiger partial charge is 0.327 e. The van der Waals surface area contributed by atoms with Crippen molar-refractivity contribution in [2.45, 2.75) is 40.2 Å². The van der Waals surface area contributed by atoms with Gasteiger partial charge in [0.25, 0.3) is 5.91 Å². The van der Waals surface area contributed by atoms with Crippen molar-refractivity contribution in [2.75, 3.05) is 11.9 Å². The molecule has 7 heteroatoms. The summed E-state index contributed by atoms with van der Waals surface area (Å²) in [5, 5.41) is 8.04. The topological polar surface area (TPSA) is 80.1 Å². The number of benzene rings is 1. The molecule has 3 aromatic rings. The Morgan fingerprint density at radius 3 is 2.55 bits per heavy atom. The molecule has 2 amide bonds. The van der Waals surface area contributed by atoms with Crippen molar-refractivity contribution in [3.63, 3.8) is 0 Å². The SMILES string of the molecule is CCCN(C(=O)c1cc(C)nc2c1c(C)nn2C)C(C)C(=O)Nc1ccccc1. The Kier molecular flexibility index (Phi) is 5.96. The van der Waals surface area contributed by atoms with Crippen LogP contribution in [0.1, 0.15) is 42.0 Å². The lowest BCUT2D eigenvalue weighted by Crippen LogP contribution is -2.46. The first kappa shape index (κ1) is 20.5. The summed E-state index contributed by atoms with van der Waals surface area (Å²) in [5.41, 5.74) is 3.39. The zero-order valence-corrected chi connectivity index (χ0v) is 17.6. The van der Waals surface area contributed by atoms with Gasteiger partial charge in [0, 0.05) is 25.0 Å². The molecule has 0 radical (unpaired) electrons. The Bertz CT molecular complexity index is 1040. The number of aryl methyl sites for hydroxylation is 3. The van der Waals surface area contributed by atoms with Crippen LogP contribution in [-0.4, -0.2) is 44.1 Å². The van der Waals surface area contributed by atoms with Crippen LogP contribution in [0.15, 0.2) is 36.4 Å². The molecule has 0 fully saturated rings. The second-order valence-electron chi connectivity index (χ2n) is 7.25. The Labute approximate surface area is 170 Å². The van der Waals surface area contributed by atoms with E-state index in [9.17, 15) is 9.59 Å². The number of fused-ring (bicyclic) bond motifs is 1. The van der Waals surface area contributed by atoms with Gasteiger partial charge in [-0.3, -0.25) is 14.3 Å². The fourth-order valence-electron chi connectivity index (χ4n) is 3.52. The van der Waals surface area contributed by atoms with E-state index in [-0.39, 0.29) is 11.8 Å². The van der Waals surface area contributed by atoms with Gasteiger partial charge in [-0.25, -0.2) is 4.98 Å². The number of carbonyl (C=O) groups is 2. The van der Waals surface area contributed by atoms with E-state index in [0.717, 1.165) is 23.2 Å². The molecule has 0 spiro atoms. The number of nitrogens with zero attached hydrogens (tertiary/aromatic N) is 4. The molecular weight excluding hydrogens is 366 g/mol. The molecule has 1 N–H and O–H groups in total. The van der Waals surface area contributed by atoms with Crippen molar-refractivity contribution < 1.29 is 9.59 Å². The van der Waals surface area contributed by atoms with Crippen molar-refractivity contribution in [3.8, 4) is 0 Å². The number of anilines is 1. The molecule has 1 aromatic carbocycles. The number of aromatic nitrogens is 3. The van der Waals surface area contributed by atoms with Gasteiger partial charge in [0.1, 0.15) is 6.04 Å². The Morgan fingerprint density at radius 1 is 1.21 bits per heavy atom. The van der Waals surface area contributed by atoms with Gasteiger partial charge in [-0.2, -0.15) is 5.10 Å². The van der Waals surface area contributed by atoms with Crippen LogP contribution in [0.25, 0.3) is 11.0 Å². The predicted octanol–water partition coefficient (Wildman–Crippen LogP) is 3.46. The number of rotatable bonds is 6. The van der Waals surface area contributed by atoms with E-state index in [1.54, 1.807) is 22.6 Å². The Hall–Kier alpha value is -3.22. The number of pyridine rings is 1.